The molecule has 1 aromatic rings. The Hall–Kier alpha value is -0.530. The van der Waals surface area contributed by atoms with Gasteiger partial charge in [0.15, 0.2) is 0 Å². The fourth-order valence-corrected chi connectivity index (χ4v) is 1.57. The number of halogens is 1. The van der Waals surface area contributed by atoms with Gasteiger partial charge in [-0.05, 0) is 30.4 Å². The van der Waals surface area contributed by atoms with Gasteiger partial charge in [-0.1, -0.05) is 43.6 Å². The van der Waals surface area contributed by atoms with E-state index in [1.807, 2.05) is 38.1 Å². The minimum absolute atomic E-state index is 0.230. The Morgan fingerprint density at radius 3 is 2.50 bits per heavy atom. The average Bonchev–Trinajstić information content (AvgIpc) is 2.16. The van der Waals surface area contributed by atoms with Crippen molar-refractivity contribution in [1.29, 1.82) is 0 Å². The van der Waals surface area contributed by atoms with Crippen molar-refractivity contribution in [1.82, 2.24) is 0 Å². The molecule has 1 unspecified atom stereocenters. The number of hydrogen-bond donors (Lipinski definition) is 1. The number of hydrogen-bond acceptors (Lipinski definition) is 1. The maximum absolute atomic E-state index is 9.64. The first kappa shape index (κ1) is 11.5. The van der Waals surface area contributed by atoms with Crippen molar-refractivity contribution in [3.8, 4) is 0 Å². The molecule has 0 saturated heterocycles. The van der Waals surface area contributed by atoms with Gasteiger partial charge in [0.1, 0.15) is 0 Å². The minimum Gasteiger partial charge on any atom is -0.393 e. The predicted octanol–water partition coefficient (Wildman–Crippen LogP) is 3.29. The summed E-state index contributed by atoms with van der Waals surface area (Å²) in [6.07, 6.45) is 1.40. The SMILES string of the molecule is CC(C)C(O)CCc1ccccc1Cl. The molecule has 0 aromatic heterocycles. The molecule has 0 aliphatic rings. The lowest BCUT2D eigenvalue weighted by Gasteiger charge is -2.14. The fraction of sp³-hybridized carbons (Fsp3) is 0.500. The molecule has 0 fully saturated rings. The van der Waals surface area contributed by atoms with E-state index < -0.39 is 0 Å². The van der Waals surface area contributed by atoms with Crippen molar-refractivity contribution in [2.75, 3.05) is 0 Å². The second-order valence-corrected chi connectivity index (χ2v) is 4.35. The van der Waals surface area contributed by atoms with Crippen molar-refractivity contribution in [3.05, 3.63) is 34.9 Å². The highest BCUT2D eigenvalue weighted by Crippen LogP contribution is 2.18. The van der Waals surface area contributed by atoms with Gasteiger partial charge in [-0.3, -0.25) is 0 Å². The summed E-state index contributed by atoms with van der Waals surface area (Å²) >= 11 is 6.01. The Kier molecular flexibility index (Phi) is 4.43. The summed E-state index contributed by atoms with van der Waals surface area (Å²) in [5, 5.41) is 10.4. The van der Waals surface area contributed by atoms with Crippen molar-refractivity contribution in [3.63, 3.8) is 0 Å². The summed E-state index contributed by atoms with van der Waals surface area (Å²) in [5.74, 6) is 0.317. The molecular formula is C12H17ClO. The topological polar surface area (TPSA) is 20.2 Å². The fourth-order valence-electron chi connectivity index (χ4n) is 1.34. The van der Waals surface area contributed by atoms with Gasteiger partial charge in [0, 0.05) is 5.02 Å². The van der Waals surface area contributed by atoms with Crippen LogP contribution < -0.4 is 0 Å². The standard InChI is InChI=1S/C12H17ClO/c1-9(2)12(14)8-7-10-5-3-4-6-11(10)13/h3-6,9,12,14H,7-8H2,1-2H3. The van der Waals surface area contributed by atoms with Crippen molar-refractivity contribution in [2.45, 2.75) is 32.8 Å². The highest BCUT2D eigenvalue weighted by molar-refractivity contribution is 6.31. The van der Waals surface area contributed by atoms with Crippen LogP contribution in [0.25, 0.3) is 0 Å². The second kappa shape index (κ2) is 5.38. The first-order valence-electron chi connectivity index (χ1n) is 5.02. The quantitative estimate of drug-likeness (QED) is 0.812. The van der Waals surface area contributed by atoms with Crippen molar-refractivity contribution < 1.29 is 5.11 Å². The molecule has 14 heavy (non-hydrogen) atoms. The summed E-state index contributed by atoms with van der Waals surface area (Å²) in [5.41, 5.74) is 1.12. The molecule has 1 atom stereocenters. The summed E-state index contributed by atoms with van der Waals surface area (Å²) in [4.78, 5) is 0. The Balaban J connectivity index is 2.50. The third-order valence-electron chi connectivity index (χ3n) is 2.44. The second-order valence-electron chi connectivity index (χ2n) is 3.94. The van der Waals surface area contributed by atoms with Crippen LogP contribution >= 0.6 is 11.6 Å². The molecule has 0 heterocycles. The Morgan fingerprint density at radius 2 is 1.93 bits per heavy atom. The molecule has 0 radical (unpaired) electrons. The first-order chi connectivity index (χ1) is 6.61. The molecule has 2 heteroatoms. The Morgan fingerprint density at radius 1 is 1.29 bits per heavy atom. The van der Waals surface area contributed by atoms with Crippen LogP contribution in [0.2, 0.25) is 5.02 Å². The molecule has 0 spiro atoms. The van der Waals surface area contributed by atoms with E-state index in [1.54, 1.807) is 0 Å². The summed E-state index contributed by atoms with van der Waals surface area (Å²) in [6, 6.07) is 7.79. The largest absolute Gasteiger partial charge is 0.393 e. The number of benzene rings is 1. The number of aliphatic hydroxyl groups excluding tert-OH is 1. The van der Waals surface area contributed by atoms with Gasteiger partial charge in [0.2, 0.25) is 0 Å². The van der Waals surface area contributed by atoms with Gasteiger partial charge >= 0.3 is 0 Å². The lowest BCUT2D eigenvalue weighted by atomic mass is 9.99. The average molecular weight is 213 g/mol. The Bertz CT molecular complexity index is 283. The number of rotatable bonds is 4. The maximum atomic E-state index is 9.64. The Labute approximate surface area is 90.7 Å². The zero-order valence-electron chi connectivity index (χ0n) is 8.70. The third kappa shape index (κ3) is 3.32. The van der Waals surface area contributed by atoms with Crippen LogP contribution in [0.1, 0.15) is 25.8 Å². The molecule has 0 aliphatic carbocycles. The minimum atomic E-state index is -0.230. The van der Waals surface area contributed by atoms with Crippen molar-refractivity contribution in [2.24, 2.45) is 5.92 Å². The lowest BCUT2D eigenvalue weighted by Crippen LogP contribution is -2.15. The van der Waals surface area contributed by atoms with E-state index in [0.29, 0.717) is 5.92 Å². The van der Waals surface area contributed by atoms with Crippen LogP contribution in [0.3, 0.4) is 0 Å². The molecule has 0 bridgehead atoms. The van der Waals surface area contributed by atoms with Crippen LogP contribution in [0.5, 0.6) is 0 Å². The van der Waals surface area contributed by atoms with Gasteiger partial charge in [-0.15, -0.1) is 0 Å². The molecule has 0 aliphatic heterocycles. The van der Waals surface area contributed by atoms with Gasteiger partial charge in [-0.25, -0.2) is 0 Å². The molecule has 78 valence electrons. The van der Waals surface area contributed by atoms with Gasteiger partial charge in [-0.2, -0.15) is 0 Å². The maximum Gasteiger partial charge on any atom is 0.0566 e. The van der Waals surface area contributed by atoms with E-state index in [-0.39, 0.29) is 6.10 Å². The van der Waals surface area contributed by atoms with Crippen LogP contribution in [0.4, 0.5) is 0 Å². The highest BCUT2D eigenvalue weighted by atomic mass is 35.5. The van der Waals surface area contributed by atoms with E-state index in [2.05, 4.69) is 0 Å². The van der Waals surface area contributed by atoms with E-state index in [9.17, 15) is 5.11 Å². The summed E-state index contributed by atoms with van der Waals surface area (Å²) in [7, 11) is 0. The number of aryl methyl sites for hydroxylation is 1. The summed E-state index contributed by atoms with van der Waals surface area (Å²) < 4.78 is 0. The van der Waals surface area contributed by atoms with E-state index in [1.165, 1.54) is 0 Å². The monoisotopic (exact) mass is 212 g/mol. The van der Waals surface area contributed by atoms with E-state index >= 15 is 0 Å². The molecular weight excluding hydrogens is 196 g/mol. The zero-order valence-corrected chi connectivity index (χ0v) is 9.46. The van der Waals surface area contributed by atoms with Crippen molar-refractivity contribution >= 4 is 11.6 Å². The molecule has 1 N–H and O–H groups in total. The van der Waals surface area contributed by atoms with Crippen LogP contribution in [-0.4, -0.2) is 11.2 Å². The molecule has 1 rings (SSSR count). The zero-order chi connectivity index (χ0) is 10.6. The number of aliphatic hydroxyl groups is 1. The smallest absolute Gasteiger partial charge is 0.0566 e. The van der Waals surface area contributed by atoms with E-state index in [0.717, 1.165) is 23.4 Å². The predicted molar refractivity (Wildman–Crippen MR) is 60.6 cm³/mol. The van der Waals surface area contributed by atoms with Gasteiger partial charge in [0.05, 0.1) is 6.10 Å². The molecule has 0 amide bonds. The molecule has 0 saturated carbocycles. The highest BCUT2D eigenvalue weighted by Gasteiger charge is 2.09. The molecule has 1 aromatic carbocycles. The third-order valence-corrected chi connectivity index (χ3v) is 2.81. The van der Waals surface area contributed by atoms with Gasteiger partial charge in [0.25, 0.3) is 0 Å². The van der Waals surface area contributed by atoms with Crippen LogP contribution in [0.15, 0.2) is 24.3 Å². The summed E-state index contributed by atoms with van der Waals surface area (Å²) in [6.45, 7) is 4.05. The molecule has 1 nitrogen and oxygen atoms in total. The lowest BCUT2D eigenvalue weighted by molar-refractivity contribution is 0.116. The normalized spacial score (nSPS) is 13.2. The first-order valence-corrected chi connectivity index (χ1v) is 5.40. The van der Waals surface area contributed by atoms with Crippen LogP contribution in [-0.2, 0) is 6.42 Å². The van der Waals surface area contributed by atoms with Gasteiger partial charge < -0.3 is 5.11 Å². The van der Waals surface area contributed by atoms with Crippen LogP contribution in [0, 0.1) is 5.92 Å². The van der Waals surface area contributed by atoms with E-state index in [4.69, 9.17) is 11.6 Å².